The third-order valence-corrected chi connectivity index (χ3v) is 4.53. The zero-order chi connectivity index (χ0) is 10.1. The monoisotopic (exact) mass is 334 g/mol. The van der Waals surface area contributed by atoms with Crippen molar-refractivity contribution < 1.29 is 4.74 Å². The molecule has 0 atom stereocenters. The quantitative estimate of drug-likeness (QED) is 0.730. The molecule has 0 aliphatic carbocycles. The van der Waals surface area contributed by atoms with Crippen LogP contribution in [0, 0.1) is 0 Å². The van der Waals surface area contributed by atoms with E-state index in [2.05, 4.69) is 49.4 Å². The third kappa shape index (κ3) is 1.71. The van der Waals surface area contributed by atoms with Gasteiger partial charge in [0.25, 0.3) is 0 Å². The predicted octanol–water partition coefficient (Wildman–Crippen LogP) is 4.57. The van der Waals surface area contributed by atoms with Crippen LogP contribution in [0.15, 0.2) is 22.0 Å². The van der Waals surface area contributed by atoms with Crippen molar-refractivity contribution in [3.63, 3.8) is 0 Å². The number of fused-ring (bicyclic) bond motifs is 1. The van der Waals surface area contributed by atoms with Crippen LogP contribution >= 0.6 is 43.2 Å². The number of benzene rings is 1. The first-order valence-electron chi connectivity index (χ1n) is 4.06. The first-order valence-corrected chi connectivity index (χ1v) is 6.85. The molecule has 1 aromatic carbocycles. The summed E-state index contributed by atoms with van der Waals surface area (Å²) in [7, 11) is 1.71. The largest absolute Gasteiger partial charge is 0.496 e. The Balaban J connectivity index is 2.76. The average molecular weight is 336 g/mol. The SMILES string of the molecule is COc1cc(CBr)cc2scc(Br)c12. The van der Waals surface area contributed by atoms with E-state index < -0.39 is 0 Å². The molecule has 0 N–H and O–H groups in total. The molecule has 0 spiro atoms. The first-order chi connectivity index (χ1) is 6.76. The fourth-order valence-corrected chi connectivity index (χ4v) is 3.43. The molecule has 0 aliphatic rings. The van der Waals surface area contributed by atoms with Crippen molar-refractivity contribution in [3.8, 4) is 5.75 Å². The molecule has 0 aliphatic heterocycles. The van der Waals surface area contributed by atoms with Gasteiger partial charge in [-0.25, -0.2) is 0 Å². The average Bonchev–Trinajstić information content (AvgIpc) is 2.59. The van der Waals surface area contributed by atoms with E-state index in [0.29, 0.717) is 0 Å². The molecule has 1 aromatic heterocycles. The van der Waals surface area contributed by atoms with Gasteiger partial charge in [-0.2, -0.15) is 0 Å². The molecule has 0 radical (unpaired) electrons. The Morgan fingerprint density at radius 1 is 1.43 bits per heavy atom. The fourth-order valence-electron chi connectivity index (χ4n) is 1.38. The van der Waals surface area contributed by atoms with Crippen molar-refractivity contribution in [2.24, 2.45) is 0 Å². The van der Waals surface area contributed by atoms with E-state index in [1.807, 2.05) is 0 Å². The van der Waals surface area contributed by atoms with Gasteiger partial charge in [-0.05, 0) is 33.6 Å². The summed E-state index contributed by atoms with van der Waals surface area (Å²) in [6, 6.07) is 4.25. The fraction of sp³-hybridized carbons (Fsp3) is 0.200. The lowest BCUT2D eigenvalue weighted by molar-refractivity contribution is 0.419. The molecule has 2 rings (SSSR count). The molecule has 0 amide bonds. The second-order valence-electron chi connectivity index (χ2n) is 2.89. The lowest BCUT2D eigenvalue weighted by Gasteiger charge is -2.04. The van der Waals surface area contributed by atoms with Gasteiger partial charge >= 0.3 is 0 Å². The standard InChI is InChI=1S/C10H8Br2OS/c1-13-8-2-6(4-11)3-9-10(8)7(12)5-14-9/h2-3,5H,4H2,1H3. The van der Waals surface area contributed by atoms with Crippen LogP contribution in [0.1, 0.15) is 5.56 Å². The summed E-state index contributed by atoms with van der Waals surface area (Å²) in [6.07, 6.45) is 0. The minimum atomic E-state index is 0.856. The highest BCUT2D eigenvalue weighted by Gasteiger charge is 2.09. The van der Waals surface area contributed by atoms with E-state index in [9.17, 15) is 0 Å². The highest BCUT2D eigenvalue weighted by Crippen LogP contribution is 2.38. The maximum atomic E-state index is 5.36. The Hall–Kier alpha value is -0.0600. The van der Waals surface area contributed by atoms with E-state index in [-0.39, 0.29) is 0 Å². The smallest absolute Gasteiger partial charge is 0.128 e. The molecule has 1 nitrogen and oxygen atoms in total. The molecule has 0 saturated heterocycles. The Kier molecular flexibility index (Phi) is 3.14. The number of halogens is 2. The second kappa shape index (κ2) is 4.21. The van der Waals surface area contributed by atoms with Gasteiger partial charge in [0.1, 0.15) is 5.75 Å². The maximum Gasteiger partial charge on any atom is 0.128 e. The van der Waals surface area contributed by atoms with Crippen molar-refractivity contribution in [2.75, 3.05) is 7.11 Å². The van der Waals surface area contributed by atoms with Crippen molar-refractivity contribution in [2.45, 2.75) is 5.33 Å². The highest BCUT2D eigenvalue weighted by molar-refractivity contribution is 9.10. The van der Waals surface area contributed by atoms with Crippen molar-refractivity contribution in [3.05, 3.63) is 27.5 Å². The second-order valence-corrected chi connectivity index (χ2v) is 5.21. The number of hydrogen-bond acceptors (Lipinski definition) is 2. The van der Waals surface area contributed by atoms with Crippen molar-refractivity contribution in [1.82, 2.24) is 0 Å². The van der Waals surface area contributed by atoms with E-state index in [1.54, 1.807) is 18.4 Å². The maximum absolute atomic E-state index is 5.36. The van der Waals surface area contributed by atoms with Crippen molar-refractivity contribution in [1.29, 1.82) is 0 Å². The van der Waals surface area contributed by atoms with Crippen LogP contribution in [-0.2, 0) is 5.33 Å². The minimum Gasteiger partial charge on any atom is -0.496 e. The van der Waals surface area contributed by atoms with Gasteiger partial charge < -0.3 is 4.74 Å². The topological polar surface area (TPSA) is 9.23 Å². The number of ether oxygens (including phenoxy) is 1. The van der Waals surface area contributed by atoms with Gasteiger partial charge in [-0.1, -0.05) is 15.9 Å². The molecule has 74 valence electrons. The molecule has 1 heterocycles. The van der Waals surface area contributed by atoms with E-state index in [0.717, 1.165) is 15.6 Å². The number of methoxy groups -OCH3 is 1. The molecular formula is C10H8Br2OS. The molecule has 0 bridgehead atoms. The summed E-state index contributed by atoms with van der Waals surface area (Å²) in [5.41, 5.74) is 1.24. The highest BCUT2D eigenvalue weighted by atomic mass is 79.9. The van der Waals surface area contributed by atoms with Gasteiger partial charge in [-0.15, -0.1) is 11.3 Å². The van der Waals surface area contributed by atoms with Gasteiger partial charge in [0, 0.05) is 25.3 Å². The van der Waals surface area contributed by atoms with E-state index in [4.69, 9.17) is 4.74 Å². The van der Waals surface area contributed by atoms with Crippen LogP contribution < -0.4 is 4.74 Å². The van der Waals surface area contributed by atoms with Gasteiger partial charge in [0.2, 0.25) is 0 Å². The normalized spacial score (nSPS) is 10.8. The molecule has 14 heavy (non-hydrogen) atoms. The minimum absolute atomic E-state index is 0.856. The zero-order valence-electron chi connectivity index (χ0n) is 7.51. The van der Waals surface area contributed by atoms with Gasteiger partial charge in [0.15, 0.2) is 0 Å². The molecular weight excluding hydrogens is 328 g/mol. The van der Waals surface area contributed by atoms with Gasteiger partial charge in [0.05, 0.1) is 7.11 Å². The summed E-state index contributed by atoms with van der Waals surface area (Å²) in [5.74, 6) is 0.935. The molecule has 0 unspecified atom stereocenters. The lowest BCUT2D eigenvalue weighted by Crippen LogP contribution is -1.86. The van der Waals surface area contributed by atoms with Crippen LogP contribution in [0.4, 0.5) is 0 Å². The Labute approximate surface area is 103 Å². The third-order valence-electron chi connectivity index (χ3n) is 2.03. The number of alkyl halides is 1. The number of rotatable bonds is 2. The summed E-state index contributed by atoms with van der Waals surface area (Å²) >= 11 is 8.70. The molecule has 2 aromatic rings. The van der Waals surface area contributed by atoms with E-state index in [1.165, 1.54) is 15.6 Å². The zero-order valence-corrected chi connectivity index (χ0v) is 11.5. The predicted molar refractivity (Wildman–Crippen MR) is 68.7 cm³/mol. The Bertz CT molecular complexity index is 464. The van der Waals surface area contributed by atoms with Crippen LogP contribution in [0.25, 0.3) is 10.1 Å². The summed E-state index contributed by atoms with van der Waals surface area (Å²) in [5, 5.41) is 4.11. The Morgan fingerprint density at radius 2 is 2.21 bits per heavy atom. The Morgan fingerprint density at radius 3 is 2.86 bits per heavy atom. The summed E-state index contributed by atoms with van der Waals surface area (Å²) in [6.45, 7) is 0. The molecule has 0 fully saturated rings. The number of thiophene rings is 1. The molecule has 4 heteroatoms. The van der Waals surface area contributed by atoms with Crippen LogP contribution in [0.2, 0.25) is 0 Å². The van der Waals surface area contributed by atoms with Crippen LogP contribution in [0.5, 0.6) is 5.75 Å². The van der Waals surface area contributed by atoms with E-state index >= 15 is 0 Å². The first kappa shape index (κ1) is 10.5. The van der Waals surface area contributed by atoms with Crippen molar-refractivity contribution >= 4 is 53.3 Å². The lowest BCUT2D eigenvalue weighted by atomic mass is 10.2. The van der Waals surface area contributed by atoms with Crippen LogP contribution in [-0.4, -0.2) is 7.11 Å². The van der Waals surface area contributed by atoms with Crippen LogP contribution in [0.3, 0.4) is 0 Å². The molecule has 0 saturated carbocycles. The van der Waals surface area contributed by atoms with Gasteiger partial charge in [-0.3, -0.25) is 0 Å². The summed E-state index contributed by atoms with van der Waals surface area (Å²) in [4.78, 5) is 0. The summed E-state index contributed by atoms with van der Waals surface area (Å²) < 4.78 is 7.73. The number of hydrogen-bond donors (Lipinski definition) is 0.